The summed E-state index contributed by atoms with van der Waals surface area (Å²) in [5.41, 5.74) is 0.778. The van der Waals surface area contributed by atoms with Gasteiger partial charge >= 0.3 is 0 Å². The number of rotatable bonds is 5. The second-order valence-corrected chi connectivity index (χ2v) is 4.64. The Morgan fingerprint density at radius 3 is 2.62 bits per heavy atom. The second kappa shape index (κ2) is 7.04. The normalized spacial score (nSPS) is 10.2. The van der Waals surface area contributed by atoms with Crippen molar-refractivity contribution in [2.75, 3.05) is 6.61 Å². The fraction of sp³-hybridized carbons (Fsp3) is 0.133. The molecule has 2 aromatic rings. The van der Waals surface area contributed by atoms with Crippen molar-refractivity contribution in [2.24, 2.45) is 0 Å². The number of carbonyl (C=O) groups is 1. The number of nitrogens with one attached hydrogen (secondary N) is 1. The fourth-order valence-corrected chi connectivity index (χ4v) is 1.80. The van der Waals surface area contributed by atoms with Crippen LogP contribution in [0.1, 0.15) is 5.56 Å². The molecule has 0 atom stereocenters. The Kier molecular flexibility index (Phi) is 5.11. The molecule has 3 nitrogen and oxygen atoms in total. The summed E-state index contributed by atoms with van der Waals surface area (Å²) < 4.78 is 30.7. The van der Waals surface area contributed by atoms with Crippen molar-refractivity contribution in [3.8, 4) is 5.75 Å². The molecule has 0 aliphatic rings. The van der Waals surface area contributed by atoms with Crippen molar-refractivity contribution in [3.05, 3.63) is 64.7 Å². The molecule has 0 fully saturated rings. The largest absolute Gasteiger partial charge is 0.484 e. The van der Waals surface area contributed by atoms with E-state index in [-0.39, 0.29) is 24.8 Å². The summed E-state index contributed by atoms with van der Waals surface area (Å²) >= 11 is 5.95. The molecule has 0 aromatic heterocycles. The predicted molar refractivity (Wildman–Crippen MR) is 75.2 cm³/mol. The lowest BCUT2D eigenvalue weighted by Gasteiger charge is -2.08. The first-order valence-electron chi connectivity index (χ1n) is 6.14. The molecule has 0 spiro atoms. The molecule has 0 aliphatic heterocycles. The Balaban J connectivity index is 1.82. The van der Waals surface area contributed by atoms with E-state index in [1.165, 1.54) is 6.07 Å². The lowest BCUT2D eigenvalue weighted by atomic mass is 10.2. The third-order valence-corrected chi connectivity index (χ3v) is 3.06. The summed E-state index contributed by atoms with van der Waals surface area (Å²) in [7, 11) is 0. The summed E-state index contributed by atoms with van der Waals surface area (Å²) in [5.74, 6) is -2.30. The van der Waals surface area contributed by atoms with Crippen molar-refractivity contribution in [1.82, 2.24) is 5.32 Å². The van der Waals surface area contributed by atoms with Gasteiger partial charge < -0.3 is 10.1 Å². The predicted octanol–water partition coefficient (Wildman–Crippen LogP) is 3.31. The minimum Gasteiger partial charge on any atom is -0.484 e. The van der Waals surface area contributed by atoms with Crippen molar-refractivity contribution in [2.45, 2.75) is 6.54 Å². The number of hydrogen-bond donors (Lipinski definition) is 1. The Morgan fingerprint density at radius 1 is 1.14 bits per heavy atom. The molecule has 0 saturated carbocycles. The van der Waals surface area contributed by atoms with Crippen molar-refractivity contribution >= 4 is 17.5 Å². The summed E-state index contributed by atoms with van der Waals surface area (Å²) in [6.45, 7) is -0.0326. The quantitative estimate of drug-likeness (QED) is 0.920. The number of hydrogen-bond acceptors (Lipinski definition) is 2. The van der Waals surface area contributed by atoms with Crippen molar-refractivity contribution in [1.29, 1.82) is 0 Å². The van der Waals surface area contributed by atoms with Crippen LogP contribution >= 0.6 is 11.6 Å². The highest BCUT2D eigenvalue weighted by atomic mass is 35.5. The number of halogens is 3. The van der Waals surface area contributed by atoms with Gasteiger partial charge in [-0.15, -0.1) is 0 Å². The van der Waals surface area contributed by atoms with Gasteiger partial charge in [-0.05, 0) is 23.8 Å². The molecule has 0 unspecified atom stereocenters. The minimum absolute atomic E-state index is 0.0850. The zero-order valence-electron chi connectivity index (χ0n) is 10.9. The van der Waals surface area contributed by atoms with Gasteiger partial charge in [-0.25, -0.2) is 8.78 Å². The molecule has 1 N–H and O–H groups in total. The molecule has 0 bridgehead atoms. The summed E-state index contributed by atoms with van der Waals surface area (Å²) in [6.07, 6.45) is 0. The lowest BCUT2D eigenvalue weighted by Crippen LogP contribution is -2.28. The first kappa shape index (κ1) is 15.3. The van der Waals surface area contributed by atoms with Crippen LogP contribution in [-0.4, -0.2) is 12.5 Å². The fourth-order valence-electron chi connectivity index (χ4n) is 1.60. The smallest absolute Gasteiger partial charge is 0.258 e. The average molecular weight is 312 g/mol. The Labute approximate surface area is 125 Å². The van der Waals surface area contributed by atoms with Crippen LogP contribution in [0.4, 0.5) is 8.78 Å². The SMILES string of the molecule is O=C(COc1ccc(F)c(F)c1)NCc1ccccc1Cl. The summed E-state index contributed by atoms with van der Waals surface area (Å²) in [4.78, 5) is 11.6. The highest BCUT2D eigenvalue weighted by Crippen LogP contribution is 2.16. The maximum atomic E-state index is 12.9. The van der Waals surface area contributed by atoms with E-state index in [1.54, 1.807) is 18.2 Å². The highest BCUT2D eigenvalue weighted by Gasteiger charge is 2.07. The van der Waals surface area contributed by atoms with Crippen LogP contribution in [-0.2, 0) is 11.3 Å². The van der Waals surface area contributed by atoms with Gasteiger partial charge in [0.15, 0.2) is 18.2 Å². The minimum atomic E-state index is -1.02. The van der Waals surface area contributed by atoms with Crippen molar-refractivity contribution in [3.63, 3.8) is 0 Å². The van der Waals surface area contributed by atoms with E-state index in [0.29, 0.717) is 5.02 Å². The molecule has 2 rings (SSSR count). The zero-order valence-corrected chi connectivity index (χ0v) is 11.7. The first-order valence-corrected chi connectivity index (χ1v) is 6.52. The molecule has 21 heavy (non-hydrogen) atoms. The zero-order chi connectivity index (χ0) is 15.2. The number of ether oxygens (including phenoxy) is 1. The second-order valence-electron chi connectivity index (χ2n) is 4.23. The van der Waals surface area contributed by atoms with E-state index in [4.69, 9.17) is 16.3 Å². The monoisotopic (exact) mass is 311 g/mol. The van der Waals surface area contributed by atoms with E-state index in [2.05, 4.69) is 5.32 Å². The van der Waals surface area contributed by atoms with Gasteiger partial charge in [-0.2, -0.15) is 0 Å². The average Bonchev–Trinajstić information content (AvgIpc) is 2.47. The third-order valence-electron chi connectivity index (χ3n) is 2.69. The van der Waals surface area contributed by atoms with E-state index in [1.807, 2.05) is 6.07 Å². The van der Waals surface area contributed by atoms with Crippen LogP contribution < -0.4 is 10.1 Å². The number of amides is 1. The third kappa shape index (κ3) is 4.43. The van der Waals surface area contributed by atoms with Crippen LogP contribution in [0.2, 0.25) is 5.02 Å². The highest BCUT2D eigenvalue weighted by molar-refractivity contribution is 6.31. The molecule has 1 amide bonds. The van der Waals surface area contributed by atoms with Crippen LogP contribution in [0.15, 0.2) is 42.5 Å². The van der Waals surface area contributed by atoms with Crippen LogP contribution in [0.25, 0.3) is 0 Å². The number of carbonyl (C=O) groups excluding carboxylic acids is 1. The van der Waals surface area contributed by atoms with Gasteiger partial charge in [0.05, 0.1) is 0 Å². The molecule has 2 aromatic carbocycles. The standard InChI is InChI=1S/C15H12ClF2NO2/c16-12-4-2-1-3-10(12)8-19-15(20)9-21-11-5-6-13(17)14(18)7-11/h1-7H,8-9H2,(H,19,20). The topological polar surface area (TPSA) is 38.3 Å². The van der Waals surface area contributed by atoms with Crippen LogP contribution in [0.3, 0.4) is 0 Å². The van der Waals surface area contributed by atoms with Crippen LogP contribution in [0.5, 0.6) is 5.75 Å². The van der Waals surface area contributed by atoms with Gasteiger partial charge in [0.1, 0.15) is 5.75 Å². The molecule has 110 valence electrons. The molecule has 0 radical (unpaired) electrons. The van der Waals surface area contributed by atoms with Gasteiger partial charge in [-0.1, -0.05) is 29.8 Å². The molecular formula is C15H12ClF2NO2. The Morgan fingerprint density at radius 2 is 1.90 bits per heavy atom. The Hall–Kier alpha value is -2.14. The van der Waals surface area contributed by atoms with Crippen molar-refractivity contribution < 1.29 is 18.3 Å². The van der Waals surface area contributed by atoms with E-state index in [0.717, 1.165) is 17.7 Å². The maximum absolute atomic E-state index is 12.9. The summed E-state index contributed by atoms with van der Waals surface area (Å²) in [6, 6.07) is 10.2. The van der Waals surface area contributed by atoms with E-state index in [9.17, 15) is 13.6 Å². The van der Waals surface area contributed by atoms with E-state index < -0.39 is 11.6 Å². The first-order chi connectivity index (χ1) is 10.1. The van der Waals surface area contributed by atoms with Gasteiger partial charge in [-0.3, -0.25) is 4.79 Å². The molecular weight excluding hydrogens is 300 g/mol. The van der Waals surface area contributed by atoms with Gasteiger partial charge in [0.2, 0.25) is 0 Å². The van der Waals surface area contributed by atoms with Gasteiger partial charge in [0, 0.05) is 17.6 Å². The number of benzene rings is 2. The lowest BCUT2D eigenvalue weighted by molar-refractivity contribution is -0.123. The molecule has 0 saturated heterocycles. The van der Waals surface area contributed by atoms with E-state index >= 15 is 0 Å². The Bertz CT molecular complexity index is 649. The maximum Gasteiger partial charge on any atom is 0.258 e. The van der Waals surface area contributed by atoms with Gasteiger partial charge in [0.25, 0.3) is 5.91 Å². The molecule has 0 heterocycles. The molecule has 0 aliphatic carbocycles. The van der Waals surface area contributed by atoms with Crippen LogP contribution in [0, 0.1) is 11.6 Å². The molecule has 6 heteroatoms. The summed E-state index contributed by atoms with van der Waals surface area (Å²) in [5, 5.41) is 3.17.